The van der Waals surface area contributed by atoms with E-state index in [-0.39, 0.29) is 39.6 Å². The van der Waals surface area contributed by atoms with Crippen molar-refractivity contribution in [3.05, 3.63) is 68.5 Å². The number of carbonyl (C=O) groups excluding carboxylic acids is 1. The van der Waals surface area contributed by atoms with Crippen LogP contribution in [-0.2, 0) is 13.0 Å². The lowest BCUT2D eigenvalue weighted by Crippen LogP contribution is -2.46. The highest BCUT2D eigenvalue weighted by molar-refractivity contribution is 6.32. The normalized spacial score (nSPS) is 18.8. The molecule has 1 unspecified atom stereocenters. The van der Waals surface area contributed by atoms with E-state index in [1.165, 1.54) is 0 Å². The smallest absolute Gasteiger partial charge is 0.284 e. The summed E-state index contributed by atoms with van der Waals surface area (Å²) in [5, 5.41) is 2.65. The number of aromatic nitrogens is 2. The summed E-state index contributed by atoms with van der Waals surface area (Å²) >= 11 is 6.46. The van der Waals surface area contributed by atoms with Crippen LogP contribution in [0.3, 0.4) is 0 Å². The number of piperazine rings is 1. The van der Waals surface area contributed by atoms with Crippen molar-refractivity contribution >= 4 is 34.1 Å². The van der Waals surface area contributed by atoms with Crippen LogP contribution in [0.4, 0.5) is 14.5 Å². The number of fused-ring (bicyclic) bond motifs is 1. The Morgan fingerprint density at radius 3 is 2.63 bits per heavy atom. The molecule has 202 valence electrons. The third kappa shape index (κ3) is 5.52. The van der Waals surface area contributed by atoms with E-state index in [4.69, 9.17) is 11.6 Å². The summed E-state index contributed by atoms with van der Waals surface area (Å²) in [6, 6.07) is 8.82. The number of halogens is 3. The van der Waals surface area contributed by atoms with Crippen LogP contribution in [0.25, 0.3) is 10.9 Å². The van der Waals surface area contributed by atoms with E-state index >= 15 is 4.39 Å². The molecule has 0 saturated carbocycles. The molecule has 8 nitrogen and oxygen atoms in total. The molecule has 1 atom stereocenters. The number of amides is 1. The van der Waals surface area contributed by atoms with Crippen LogP contribution in [0.2, 0.25) is 5.15 Å². The first-order chi connectivity index (χ1) is 18.4. The van der Waals surface area contributed by atoms with Gasteiger partial charge in [0.1, 0.15) is 5.69 Å². The molecule has 1 aromatic carbocycles. The molecule has 5 rings (SSSR count). The predicted octanol–water partition coefficient (Wildman–Crippen LogP) is 3.54. The maximum absolute atomic E-state index is 15.2. The van der Waals surface area contributed by atoms with Gasteiger partial charge >= 0.3 is 0 Å². The first-order valence-corrected chi connectivity index (χ1v) is 13.3. The fourth-order valence-corrected chi connectivity index (χ4v) is 5.42. The second-order valence-corrected chi connectivity index (χ2v) is 10.3. The Morgan fingerprint density at radius 2 is 1.95 bits per heavy atom. The monoisotopic (exact) mass is 544 g/mol. The lowest BCUT2D eigenvalue weighted by molar-refractivity contribution is 0.0813. The first kappa shape index (κ1) is 26.5. The van der Waals surface area contributed by atoms with Gasteiger partial charge in [-0.1, -0.05) is 30.7 Å². The van der Waals surface area contributed by atoms with Gasteiger partial charge in [0, 0.05) is 68.2 Å². The van der Waals surface area contributed by atoms with Crippen LogP contribution in [0.15, 0.2) is 35.1 Å². The summed E-state index contributed by atoms with van der Waals surface area (Å²) in [6.07, 6.45) is 1.30. The standard InChI is InChI=1S/C27H31ClF2N6O2/c1-2-18-13-19-3-4-20(23(30)24(19)32-26(18)37)16-34-9-11-35(12-10-34)22-6-5-21(31-25(22)28)27(38)33-36-8-7-17(14-29)15-36/h3-6,13,17H,2,7-12,14-16H2,1H3,(H,32,37)(H,33,38). The number of nitrogens with zero attached hydrogens (tertiary/aromatic N) is 4. The molecular weight excluding hydrogens is 514 g/mol. The number of hydrazine groups is 1. The summed E-state index contributed by atoms with van der Waals surface area (Å²) in [7, 11) is 0. The van der Waals surface area contributed by atoms with Crippen molar-refractivity contribution in [3.63, 3.8) is 0 Å². The number of aryl methyl sites for hydroxylation is 1. The Labute approximate surface area is 224 Å². The number of hydrogen-bond donors (Lipinski definition) is 2. The summed E-state index contributed by atoms with van der Waals surface area (Å²) in [4.78, 5) is 36.0. The number of carbonyl (C=O) groups is 1. The van der Waals surface area contributed by atoms with Gasteiger partial charge in [0.2, 0.25) is 0 Å². The first-order valence-electron chi connectivity index (χ1n) is 12.9. The third-order valence-electron chi connectivity index (χ3n) is 7.43. The Morgan fingerprint density at radius 1 is 1.16 bits per heavy atom. The zero-order valence-corrected chi connectivity index (χ0v) is 22.0. The zero-order valence-electron chi connectivity index (χ0n) is 21.3. The minimum absolute atomic E-state index is 0.0522. The number of H-pyrrole nitrogens is 1. The van der Waals surface area contributed by atoms with Crippen LogP contribution in [0.1, 0.15) is 35.0 Å². The quantitative estimate of drug-likeness (QED) is 0.443. The molecule has 0 aliphatic carbocycles. The van der Waals surface area contributed by atoms with Gasteiger partial charge in [-0.2, -0.15) is 0 Å². The molecule has 2 saturated heterocycles. The van der Waals surface area contributed by atoms with Crippen molar-refractivity contribution < 1.29 is 13.6 Å². The van der Waals surface area contributed by atoms with Gasteiger partial charge in [-0.05, 0) is 31.0 Å². The third-order valence-corrected chi connectivity index (χ3v) is 7.71. The maximum atomic E-state index is 15.2. The number of aromatic amines is 1. The van der Waals surface area contributed by atoms with E-state index in [9.17, 15) is 14.0 Å². The predicted molar refractivity (Wildman–Crippen MR) is 144 cm³/mol. The highest BCUT2D eigenvalue weighted by atomic mass is 35.5. The number of alkyl halides is 1. The van der Waals surface area contributed by atoms with Crippen molar-refractivity contribution in [2.24, 2.45) is 5.92 Å². The van der Waals surface area contributed by atoms with Crippen LogP contribution < -0.4 is 15.9 Å². The van der Waals surface area contributed by atoms with Crippen LogP contribution in [-0.4, -0.2) is 71.7 Å². The molecule has 11 heteroatoms. The summed E-state index contributed by atoms with van der Waals surface area (Å²) in [5.41, 5.74) is 4.90. The van der Waals surface area contributed by atoms with E-state index in [0.29, 0.717) is 75.2 Å². The number of pyridine rings is 2. The molecule has 2 aliphatic heterocycles. The minimum Gasteiger partial charge on any atom is -0.366 e. The minimum atomic E-state index is -0.393. The van der Waals surface area contributed by atoms with E-state index in [1.807, 2.05) is 13.0 Å². The number of benzene rings is 1. The van der Waals surface area contributed by atoms with Crippen LogP contribution >= 0.6 is 11.6 Å². The molecule has 2 fully saturated rings. The Kier molecular flexibility index (Phi) is 7.92. The van der Waals surface area contributed by atoms with E-state index in [1.54, 1.807) is 29.3 Å². The van der Waals surface area contributed by atoms with Gasteiger partial charge in [0.05, 0.1) is 17.9 Å². The molecule has 2 aliphatic rings. The molecule has 4 heterocycles. The Bertz CT molecular complexity index is 1390. The molecule has 2 N–H and O–H groups in total. The van der Waals surface area contributed by atoms with Gasteiger partial charge in [0.25, 0.3) is 11.5 Å². The Hall–Kier alpha value is -3.08. The fourth-order valence-electron chi connectivity index (χ4n) is 5.15. The number of hydrogen-bond acceptors (Lipinski definition) is 6. The van der Waals surface area contributed by atoms with Crippen molar-refractivity contribution in [1.82, 2.24) is 25.3 Å². The molecule has 38 heavy (non-hydrogen) atoms. The zero-order chi connectivity index (χ0) is 26.8. The highest BCUT2D eigenvalue weighted by Gasteiger charge is 2.25. The second-order valence-electron chi connectivity index (χ2n) is 9.95. The Balaban J connectivity index is 1.19. The van der Waals surface area contributed by atoms with Crippen molar-refractivity contribution in [2.45, 2.75) is 26.3 Å². The molecule has 0 radical (unpaired) electrons. The lowest BCUT2D eigenvalue weighted by Gasteiger charge is -2.36. The molecule has 0 spiro atoms. The van der Waals surface area contributed by atoms with Gasteiger partial charge in [-0.3, -0.25) is 24.3 Å². The molecule has 0 bridgehead atoms. The fraction of sp³-hybridized carbons (Fsp3) is 0.444. The van der Waals surface area contributed by atoms with Crippen LogP contribution in [0, 0.1) is 11.7 Å². The van der Waals surface area contributed by atoms with Crippen molar-refractivity contribution in [1.29, 1.82) is 0 Å². The summed E-state index contributed by atoms with van der Waals surface area (Å²) < 4.78 is 28.1. The maximum Gasteiger partial charge on any atom is 0.284 e. The van der Waals surface area contributed by atoms with Crippen molar-refractivity contribution in [2.75, 3.05) is 50.8 Å². The molecule has 1 amide bonds. The number of rotatable bonds is 7. The lowest BCUT2D eigenvalue weighted by atomic mass is 10.1. The average molecular weight is 545 g/mol. The van der Waals surface area contributed by atoms with Gasteiger partial charge < -0.3 is 9.88 Å². The van der Waals surface area contributed by atoms with Crippen LogP contribution in [0.5, 0.6) is 0 Å². The largest absolute Gasteiger partial charge is 0.366 e. The van der Waals surface area contributed by atoms with Gasteiger partial charge in [-0.25, -0.2) is 14.4 Å². The van der Waals surface area contributed by atoms with Gasteiger partial charge in [0.15, 0.2) is 11.0 Å². The summed E-state index contributed by atoms with van der Waals surface area (Å²) in [6.45, 7) is 5.73. The average Bonchev–Trinajstić information content (AvgIpc) is 3.38. The van der Waals surface area contributed by atoms with E-state index in [2.05, 4.69) is 25.2 Å². The number of anilines is 1. The summed E-state index contributed by atoms with van der Waals surface area (Å²) in [5.74, 6) is -0.809. The van der Waals surface area contributed by atoms with E-state index in [0.717, 1.165) is 5.69 Å². The second kappa shape index (κ2) is 11.3. The topological polar surface area (TPSA) is 84.6 Å². The van der Waals surface area contributed by atoms with E-state index < -0.39 is 6.67 Å². The SMILES string of the molecule is CCc1cc2ccc(CN3CCN(c4ccc(C(=O)NN5CCC(CF)C5)nc4Cl)CC3)c(F)c2[nH]c1=O. The molecule has 2 aromatic heterocycles. The molecular formula is C27H31ClF2N6O2. The highest BCUT2D eigenvalue weighted by Crippen LogP contribution is 2.27. The van der Waals surface area contributed by atoms with Gasteiger partial charge in [-0.15, -0.1) is 0 Å². The number of nitrogens with one attached hydrogen (secondary N) is 2. The molecule has 3 aromatic rings. The van der Waals surface area contributed by atoms with Crippen molar-refractivity contribution in [3.8, 4) is 0 Å².